The highest BCUT2D eigenvalue weighted by Crippen LogP contribution is 2.35. The first kappa shape index (κ1) is 20.5. The molecule has 0 fully saturated rings. The smallest absolute Gasteiger partial charge is 0.120 e. The zero-order valence-corrected chi connectivity index (χ0v) is 15.8. The molecule has 136 valence electrons. The van der Waals surface area contributed by atoms with E-state index in [0.29, 0.717) is 6.61 Å². The first-order chi connectivity index (χ1) is 11.4. The fourth-order valence-electron chi connectivity index (χ4n) is 2.86. The Morgan fingerprint density at radius 1 is 1.04 bits per heavy atom. The number of rotatable bonds is 7. The zero-order valence-electron chi connectivity index (χ0n) is 15.8. The van der Waals surface area contributed by atoms with Crippen LogP contribution in [0.15, 0.2) is 24.3 Å². The highest BCUT2D eigenvalue weighted by molar-refractivity contribution is 5.80. The van der Waals surface area contributed by atoms with Crippen LogP contribution in [-0.4, -0.2) is 25.2 Å². The number of unbranched alkanes of at least 4 members (excludes halogenated alkanes) is 3. The molecule has 5 N–H and O–H groups in total. The number of ether oxygens (including phenoxy) is 1. The van der Waals surface area contributed by atoms with Crippen LogP contribution in [0, 0.1) is 0 Å². The van der Waals surface area contributed by atoms with Crippen molar-refractivity contribution in [3.63, 3.8) is 0 Å². The molecule has 0 atom stereocenters. The maximum Gasteiger partial charge on any atom is 0.120 e. The van der Waals surface area contributed by atoms with Gasteiger partial charge in [0, 0.05) is 11.3 Å². The third kappa shape index (κ3) is 6.93. The molecule has 1 aliphatic heterocycles. The second-order valence-corrected chi connectivity index (χ2v) is 6.81. The van der Waals surface area contributed by atoms with Gasteiger partial charge in [-0.05, 0) is 77.4 Å². The number of allylic oxidation sites excluding steroid dienone is 1. The van der Waals surface area contributed by atoms with E-state index in [9.17, 15) is 0 Å². The van der Waals surface area contributed by atoms with E-state index in [4.69, 9.17) is 16.2 Å². The first-order valence-electron chi connectivity index (χ1n) is 9.08. The van der Waals surface area contributed by atoms with Crippen molar-refractivity contribution in [2.45, 2.75) is 58.9 Å². The van der Waals surface area contributed by atoms with Crippen molar-refractivity contribution in [1.29, 1.82) is 0 Å². The van der Waals surface area contributed by atoms with Crippen molar-refractivity contribution in [1.82, 2.24) is 0 Å². The molecule has 0 aromatic heterocycles. The molecule has 1 aliphatic rings. The Hall–Kier alpha value is -1.52. The van der Waals surface area contributed by atoms with Crippen molar-refractivity contribution < 1.29 is 4.74 Å². The summed E-state index contributed by atoms with van der Waals surface area (Å²) >= 11 is 0. The van der Waals surface area contributed by atoms with E-state index in [0.717, 1.165) is 31.7 Å². The van der Waals surface area contributed by atoms with Gasteiger partial charge >= 0.3 is 0 Å². The normalized spacial score (nSPS) is 14.7. The van der Waals surface area contributed by atoms with Gasteiger partial charge in [0.05, 0.1) is 12.1 Å². The summed E-state index contributed by atoms with van der Waals surface area (Å²) in [6.45, 7) is 10.9. The second-order valence-electron chi connectivity index (χ2n) is 6.81. The fraction of sp³-hybridized carbons (Fsp3) is 0.600. The SMILES string of the molecule is CCOc1ccc2c(c1)C(C)=CC(C)(C)N2.NCCCCCCN. The highest BCUT2D eigenvalue weighted by atomic mass is 16.5. The van der Waals surface area contributed by atoms with Gasteiger partial charge in [-0.25, -0.2) is 0 Å². The Bertz CT molecular complexity index is 518. The number of fused-ring (bicyclic) bond motifs is 1. The van der Waals surface area contributed by atoms with Crippen LogP contribution >= 0.6 is 0 Å². The van der Waals surface area contributed by atoms with Gasteiger partial charge in [0.2, 0.25) is 0 Å². The molecular weight excluding hydrogens is 298 g/mol. The summed E-state index contributed by atoms with van der Waals surface area (Å²) in [6.07, 6.45) is 7.05. The first-order valence-corrected chi connectivity index (χ1v) is 9.08. The third-order valence-corrected chi connectivity index (χ3v) is 3.92. The Balaban J connectivity index is 0.000000307. The molecule has 0 unspecified atom stereocenters. The molecule has 0 spiro atoms. The zero-order chi connectivity index (χ0) is 18.0. The van der Waals surface area contributed by atoms with Gasteiger partial charge in [0.25, 0.3) is 0 Å². The van der Waals surface area contributed by atoms with Gasteiger partial charge < -0.3 is 21.5 Å². The maximum atomic E-state index is 5.52. The Morgan fingerprint density at radius 3 is 2.21 bits per heavy atom. The third-order valence-electron chi connectivity index (χ3n) is 3.92. The lowest BCUT2D eigenvalue weighted by atomic mass is 9.91. The van der Waals surface area contributed by atoms with E-state index < -0.39 is 0 Å². The minimum atomic E-state index is 0.0320. The average molecular weight is 334 g/mol. The quantitative estimate of drug-likeness (QED) is 0.655. The van der Waals surface area contributed by atoms with Gasteiger partial charge in [-0.3, -0.25) is 0 Å². The monoisotopic (exact) mass is 333 g/mol. The summed E-state index contributed by atoms with van der Waals surface area (Å²) in [5.41, 5.74) is 14.3. The van der Waals surface area contributed by atoms with Gasteiger partial charge in [-0.1, -0.05) is 18.9 Å². The van der Waals surface area contributed by atoms with Crippen LogP contribution in [0.25, 0.3) is 5.57 Å². The van der Waals surface area contributed by atoms with E-state index in [2.05, 4.69) is 44.3 Å². The van der Waals surface area contributed by atoms with Crippen molar-refractivity contribution in [3.05, 3.63) is 29.8 Å². The lowest BCUT2D eigenvalue weighted by molar-refractivity contribution is 0.340. The van der Waals surface area contributed by atoms with Crippen LogP contribution in [0.4, 0.5) is 5.69 Å². The highest BCUT2D eigenvalue weighted by Gasteiger charge is 2.22. The van der Waals surface area contributed by atoms with Gasteiger partial charge in [0.15, 0.2) is 0 Å². The van der Waals surface area contributed by atoms with E-state index in [1.807, 2.05) is 13.0 Å². The van der Waals surface area contributed by atoms with Crippen molar-refractivity contribution in [3.8, 4) is 5.75 Å². The Labute approximate surface area is 147 Å². The Kier molecular flexibility index (Phi) is 8.87. The van der Waals surface area contributed by atoms with Gasteiger partial charge in [-0.2, -0.15) is 0 Å². The minimum absolute atomic E-state index is 0.0320. The number of anilines is 1. The summed E-state index contributed by atoms with van der Waals surface area (Å²) in [4.78, 5) is 0. The second kappa shape index (κ2) is 10.4. The van der Waals surface area contributed by atoms with Crippen LogP contribution in [0.1, 0.15) is 58.9 Å². The summed E-state index contributed by atoms with van der Waals surface area (Å²) in [6, 6.07) is 6.22. The number of nitrogens with one attached hydrogen (secondary N) is 1. The van der Waals surface area contributed by atoms with Crippen LogP contribution in [0.3, 0.4) is 0 Å². The van der Waals surface area contributed by atoms with Gasteiger partial charge in [-0.15, -0.1) is 0 Å². The van der Waals surface area contributed by atoms with E-state index in [1.165, 1.54) is 29.7 Å². The molecule has 0 saturated heterocycles. The number of benzene rings is 1. The maximum absolute atomic E-state index is 5.52. The van der Waals surface area contributed by atoms with Crippen molar-refractivity contribution >= 4 is 11.3 Å². The molecule has 4 nitrogen and oxygen atoms in total. The molecule has 0 amide bonds. The topological polar surface area (TPSA) is 73.3 Å². The summed E-state index contributed by atoms with van der Waals surface area (Å²) in [5, 5.41) is 3.50. The molecule has 24 heavy (non-hydrogen) atoms. The molecule has 0 bridgehead atoms. The van der Waals surface area contributed by atoms with E-state index in [-0.39, 0.29) is 5.54 Å². The molecular formula is C20H35N3O. The van der Waals surface area contributed by atoms with E-state index >= 15 is 0 Å². The standard InChI is InChI=1S/C14H19NO.C6H16N2/c1-5-16-11-6-7-13-12(8-11)10(2)9-14(3,4)15-13;7-5-3-1-2-4-6-8/h6-9,15H,5H2,1-4H3;1-8H2. The van der Waals surface area contributed by atoms with Crippen LogP contribution in [0.2, 0.25) is 0 Å². The fourth-order valence-corrected chi connectivity index (χ4v) is 2.86. The van der Waals surface area contributed by atoms with Crippen LogP contribution < -0.4 is 21.5 Å². The summed E-state index contributed by atoms with van der Waals surface area (Å²) in [5.74, 6) is 0.940. The lowest BCUT2D eigenvalue weighted by Crippen LogP contribution is -2.31. The molecule has 0 saturated carbocycles. The van der Waals surface area contributed by atoms with Gasteiger partial charge in [0.1, 0.15) is 5.75 Å². The molecule has 2 rings (SSSR count). The molecule has 1 aromatic carbocycles. The van der Waals surface area contributed by atoms with Crippen molar-refractivity contribution in [2.75, 3.05) is 25.0 Å². The predicted octanol–water partition coefficient (Wildman–Crippen LogP) is 4.16. The minimum Gasteiger partial charge on any atom is -0.494 e. The molecule has 1 aromatic rings. The lowest BCUT2D eigenvalue weighted by Gasteiger charge is -2.31. The van der Waals surface area contributed by atoms with Crippen LogP contribution in [0.5, 0.6) is 5.75 Å². The van der Waals surface area contributed by atoms with E-state index in [1.54, 1.807) is 0 Å². The molecule has 0 aliphatic carbocycles. The predicted molar refractivity (Wildman–Crippen MR) is 106 cm³/mol. The molecule has 0 radical (unpaired) electrons. The summed E-state index contributed by atoms with van der Waals surface area (Å²) < 4.78 is 5.52. The number of hydrogen-bond acceptors (Lipinski definition) is 4. The molecule has 4 heteroatoms. The summed E-state index contributed by atoms with van der Waals surface area (Å²) in [7, 11) is 0. The Morgan fingerprint density at radius 2 is 1.67 bits per heavy atom. The largest absolute Gasteiger partial charge is 0.494 e. The van der Waals surface area contributed by atoms with Crippen molar-refractivity contribution in [2.24, 2.45) is 11.5 Å². The van der Waals surface area contributed by atoms with Crippen LogP contribution in [-0.2, 0) is 0 Å². The number of hydrogen-bond donors (Lipinski definition) is 3. The molecule has 1 heterocycles. The number of nitrogens with two attached hydrogens (primary N) is 2. The average Bonchev–Trinajstić information content (AvgIpc) is 2.52.